The highest BCUT2D eigenvalue weighted by Crippen LogP contribution is 2.21. The molecule has 0 aliphatic rings. The minimum atomic E-state index is -3.64. The van der Waals surface area contributed by atoms with E-state index in [1.54, 1.807) is 19.9 Å². The summed E-state index contributed by atoms with van der Waals surface area (Å²) < 4.78 is 26.8. The Morgan fingerprint density at radius 2 is 1.71 bits per heavy atom. The van der Waals surface area contributed by atoms with E-state index in [-0.39, 0.29) is 16.8 Å². The number of hydrogen-bond acceptors (Lipinski definition) is 4. The van der Waals surface area contributed by atoms with Crippen LogP contribution in [0, 0.1) is 19.8 Å². The first-order valence-electron chi connectivity index (χ1n) is 9.30. The van der Waals surface area contributed by atoms with E-state index in [0.717, 1.165) is 11.3 Å². The first-order chi connectivity index (χ1) is 13.2. The summed E-state index contributed by atoms with van der Waals surface area (Å²) in [5.74, 6) is -0.00310. The van der Waals surface area contributed by atoms with Gasteiger partial charge in [0.15, 0.2) is 0 Å². The second kappa shape index (κ2) is 9.21. The molecule has 0 bridgehead atoms. The Kier molecular flexibility index (Phi) is 7.21. The molecule has 7 heteroatoms. The predicted octanol–water partition coefficient (Wildman–Crippen LogP) is 3.08. The van der Waals surface area contributed by atoms with Crippen molar-refractivity contribution >= 4 is 21.6 Å². The molecule has 152 valence electrons. The van der Waals surface area contributed by atoms with Gasteiger partial charge in [0.2, 0.25) is 10.0 Å². The molecule has 1 amide bonds. The van der Waals surface area contributed by atoms with Crippen LogP contribution in [0.1, 0.15) is 35.3 Å². The van der Waals surface area contributed by atoms with Gasteiger partial charge in [0.25, 0.3) is 5.91 Å². The van der Waals surface area contributed by atoms with E-state index in [2.05, 4.69) is 29.2 Å². The van der Waals surface area contributed by atoms with Crippen LogP contribution in [0.3, 0.4) is 0 Å². The Bertz CT molecular complexity index is 925. The zero-order valence-corrected chi connectivity index (χ0v) is 17.9. The first kappa shape index (κ1) is 21.9. The van der Waals surface area contributed by atoms with E-state index in [1.807, 2.05) is 30.3 Å². The highest BCUT2D eigenvalue weighted by Gasteiger charge is 2.20. The third kappa shape index (κ3) is 5.33. The van der Waals surface area contributed by atoms with Gasteiger partial charge in [-0.15, -0.1) is 0 Å². The van der Waals surface area contributed by atoms with Crippen molar-refractivity contribution in [2.24, 2.45) is 5.92 Å². The maximum atomic E-state index is 12.7. The van der Waals surface area contributed by atoms with Crippen molar-refractivity contribution in [2.45, 2.75) is 38.6 Å². The van der Waals surface area contributed by atoms with Gasteiger partial charge >= 0.3 is 0 Å². The van der Waals surface area contributed by atoms with Crippen molar-refractivity contribution in [3.63, 3.8) is 0 Å². The summed E-state index contributed by atoms with van der Waals surface area (Å²) in [6.07, 6.45) is 0. The minimum absolute atomic E-state index is 0.0402. The van der Waals surface area contributed by atoms with Crippen molar-refractivity contribution in [3.05, 3.63) is 59.2 Å². The van der Waals surface area contributed by atoms with Crippen LogP contribution in [0.15, 0.2) is 47.4 Å². The molecule has 28 heavy (non-hydrogen) atoms. The number of carbonyl (C=O) groups is 1. The Labute approximate surface area is 167 Å². The Hall–Kier alpha value is -2.38. The highest BCUT2D eigenvalue weighted by atomic mass is 32.2. The van der Waals surface area contributed by atoms with Gasteiger partial charge in [0.05, 0.1) is 4.90 Å². The number of benzene rings is 2. The smallest absolute Gasteiger partial charge is 0.251 e. The Morgan fingerprint density at radius 1 is 1.07 bits per heavy atom. The lowest BCUT2D eigenvalue weighted by atomic mass is 10.0. The van der Waals surface area contributed by atoms with E-state index in [0.29, 0.717) is 23.6 Å². The average Bonchev–Trinajstić information content (AvgIpc) is 2.67. The lowest BCUT2D eigenvalue weighted by Crippen LogP contribution is -2.39. The second-order valence-corrected chi connectivity index (χ2v) is 9.05. The standard InChI is InChI=1S/C21H29N3O3S/c1-14(2)19(24-18-9-7-6-8-10-18)13-23-21(25)17-11-15(3)16(4)20(12-17)28(26,27)22-5/h6-12,14,19,22,24H,13H2,1-5H3,(H,23,25). The van der Waals surface area contributed by atoms with E-state index in [1.165, 1.54) is 13.1 Å². The molecule has 0 saturated carbocycles. The van der Waals surface area contributed by atoms with E-state index < -0.39 is 10.0 Å². The SMILES string of the molecule is CNS(=O)(=O)c1cc(C(=O)NCC(Nc2ccccc2)C(C)C)cc(C)c1C. The van der Waals surface area contributed by atoms with Gasteiger partial charge in [0, 0.05) is 23.8 Å². The largest absolute Gasteiger partial charge is 0.380 e. The number of para-hydroxylation sites is 1. The lowest BCUT2D eigenvalue weighted by Gasteiger charge is -2.24. The minimum Gasteiger partial charge on any atom is -0.380 e. The quantitative estimate of drug-likeness (QED) is 0.632. The van der Waals surface area contributed by atoms with Gasteiger partial charge < -0.3 is 10.6 Å². The third-order valence-electron chi connectivity index (χ3n) is 4.85. The summed E-state index contributed by atoms with van der Waals surface area (Å²) in [7, 11) is -2.27. The third-order valence-corrected chi connectivity index (χ3v) is 6.39. The maximum absolute atomic E-state index is 12.7. The molecule has 0 fully saturated rings. The molecule has 3 N–H and O–H groups in total. The number of sulfonamides is 1. The molecule has 0 saturated heterocycles. The topological polar surface area (TPSA) is 87.3 Å². The molecule has 0 heterocycles. The molecule has 6 nitrogen and oxygen atoms in total. The molecular weight excluding hydrogens is 374 g/mol. The lowest BCUT2D eigenvalue weighted by molar-refractivity contribution is 0.0950. The fraction of sp³-hybridized carbons (Fsp3) is 0.381. The maximum Gasteiger partial charge on any atom is 0.251 e. The first-order valence-corrected chi connectivity index (χ1v) is 10.8. The molecule has 0 aliphatic carbocycles. The van der Waals surface area contributed by atoms with Crippen LogP contribution in [-0.2, 0) is 10.0 Å². The highest BCUT2D eigenvalue weighted by molar-refractivity contribution is 7.89. The van der Waals surface area contributed by atoms with Gasteiger partial charge in [-0.25, -0.2) is 13.1 Å². The van der Waals surface area contributed by atoms with Crippen LogP contribution in [0.5, 0.6) is 0 Å². The predicted molar refractivity (Wildman–Crippen MR) is 113 cm³/mol. The number of amides is 1. The van der Waals surface area contributed by atoms with E-state index >= 15 is 0 Å². The molecule has 1 atom stereocenters. The van der Waals surface area contributed by atoms with Gasteiger partial charge in [-0.1, -0.05) is 32.0 Å². The Morgan fingerprint density at radius 3 is 2.29 bits per heavy atom. The van der Waals surface area contributed by atoms with Crippen LogP contribution in [0.25, 0.3) is 0 Å². The molecule has 2 aromatic carbocycles. The Balaban J connectivity index is 2.17. The monoisotopic (exact) mass is 403 g/mol. The number of carbonyl (C=O) groups excluding carboxylic acids is 1. The number of hydrogen-bond donors (Lipinski definition) is 3. The fourth-order valence-electron chi connectivity index (χ4n) is 2.85. The van der Waals surface area contributed by atoms with Gasteiger partial charge in [0.1, 0.15) is 0 Å². The van der Waals surface area contributed by atoms with Crippen LogP contribution in [0.4, 0.5) is 5.69 Å². The zero-order valence-electron chi connectivity index (χ0n) is 17.0. The number of anilines is 1. The van der Waals surface area contributed by atoms with Crippen molar-refractivity contribution in [1.82, 2.24) is 10.0 Å². The van der Waals surface area contributed by atoms with Gasteiger partial charge in [-0.3, -0.25) is 4.79 Å². The number of nitrogens with one attached hydrogen (secondary N) is 3. The molecule has 0 aromatic heterocycles. The van der Waals surface area contributed by atoms with Crippen molar-refractivity contribution in [3.8, 4) is 0 Å². The number of rotatable bonds is 8. The molecule has 0 aliphatic heterocycles. The van der Waals surface area contributed by atoms with E-state index in [9.17, 15) is 13.2 Å². The summed E-state index contributed by atoms with van der Waals surface area (Å²) in [5.41, 5.74) is 2.71. The second-order valence-electron chi connectivity index (χ2n) is 7.19. The summed E-state index contributed by atoms with van der Waals surface area (Å²) in [6.45, 7) is 8.13. The molecule has 1 unspecified atom stereocenters. The fourth-order valence-corrected chi connectivity index (χ4v) is 3.92. The van der Waals surface area contributed by atoms with Crippen molar-refractivity contribution in [2.75, 3.05) is 18.9 Å². The van der Waals surface area contributed by atoms with Crippen LogP contribution >= 0.6 is 0 Å². The average molecular weight is 404 g/mol. The van der Waals surface area contributed by atoms with Gasteiger partial charge in [-0.2, -0.15) is 0 Å². The van der Waals surface area contributed by atoms with Gasteiger partial charge in [-0.05, 0) is 62.2 Å². The molecule has 2 rings (SSSR count). The van der Waals surface area contributed by atoms with Crippen LogP contribution < -0.4 is 15.4 Å². The molecular formula is C21H29N3O3S. The summed E-state index contributed by atoms with van der Waals surface area (Å²) in [4.78, 5) is 12.8. The summed E-state index contributed by atoms with van der Waals surface area (Å²) in [5, 5.41) is 6.36. The van der Waals surface area contributed by atoms with Crippen molar-refractivity contribution < 1.29 is 13.2 Å². The normalized spacial score (nSPS) is 12.6. The number of aryl methyl sites for hydroxylation is 1. The molecule has 0 spiro atoms. The zero-order chi connectivity index (χ0) is 20.9. The molecule has 0 radical (unpaired) electrons. The summed E-state index contributed by atoms with van der Waals surface area (Å²) in [6, 6.07) is 13.0. The van der Waals surface area contributed by atoms with Crippen LogP contribution in [0.2, 0.25) is 0 Å². The summed E-state index contributed by atoms with van der Waals surface area (Å²) >= 11 is 0. The van der Waals surface area contributed by atoms with Crippen molar-refractivity contribution in [1.29, 1.82) is 0 Å². The van der Waals surface area contributed by atoms with E-state index in [4.69, 9.17) is 0 Å². The molecule has 2 aromatic rings. The van der Waals surface area contributed by atoms with Crippen LogP contribution in [-0.4, -0.2) is 34.0 Å².